The van der Waals surface area contributed by atoms with Crippen LogP contribution in [0.5, 0.6) is 0 Å². The summed E-state index contributed by atoms with van der Waals surface area (Å²) in [6.45, 7) is 8.26. The van der Waals surface area contributed by atoms with Crippen molar-refractivity contribution in [1.29, 1.82) is 0 Å². The van der Waals surface area contributed by atoms with Gasteiger partial charge in [0.15, 0.2) is 0 Å². The molecule has 6 heteroatoms. The van der Waals surface area contributed by atoms with E-state index in [2.05, 4.69) is 85.1 Å². The standard InChI is InChI=1S/C50H42N4O2/c1-5-33-15-19-35(20-16-33)47-29-41(39-11-7-9-13-45(39)51-47)49(55)53-43-25-23-37(27-31(43)3)38-24-26-44(32(4)28-38)54-50(56)42-30-48(36-21-17-34(6-2)18-22-36)52-46-14-10-8-12-40(42)46/h7-30H,5-6H2,1-4H3,(H,53,55)(H,54,56). The lowest BCUT2D eigenvalue weighted by Crippen LogP contribution is -2.14. The highest BCUT2D eigenvalue weighted by atomic mass is 16.2. The van der Waals surface area contributed by atoms with Crippen molar-refractivity contribution in [1.82, 2.24) is 9.97 Å². The molecule has 8 rings (SSSR count). The fourth-order valence-corrected chi connectivity index (χ4v) is 7.19. The number of amides is 2. The molecule has 0 spiro atoms. The molecule has 0 aliphatic carbocycles. The zero-order valence-electron chi connectivity index (χ0n) is 32.0. The molecule has 2 heterocycles. The second kappa shape index (κ2) is 15.4. The number of pyridine rings is 2. The van der Waals surface area contributed by atoms with Crippen molar-refractivity contribution < 1.29 is 9.59 Å². The van der Waals surface area contributed by atoms with Gasteiger partial charge in [-0.05, 0) is 109 Å². The Labute approximate surface area is 327 Å². The molecule has 0 radical (unpaired) electrons. The smallest absolute Gasteiger partial charge is 0.256 e. The Morgan fingerprint density at radius 1 is 0.464 bits per heavy atom. The molecule has 2 amide bonds. The van der Waals surface area contributed by atoms with Crippen LogP contribution in [-0.4, -0.2) is 21.8 Å². The summed E-state index contributed by atoms with van der Waals surface area (Å²) in [5.41, 5.74) is 14.0. The SMILES string of the molecule is CCc1ccc(-c2cc(C(=O)Nc3ccc(-c4ccc(NC(=O)c5cc(-c6ccc(CC)cc6)nc6ccccc56)c(C)c4)cc3C)c3ccccc3n2)cc1. The number of fused-ring (bicyclic) bond motifs is 2. The highest BCUT2D eigenvalue weighted by molar-refractivity contribution is 6.14. The highest BCUT2D eigenvalue weighted by Crippen LogP contribution is 2.32. The van der Waals surface area contributed by atoms with Gasteiger partial charge in [-0.2, -0.15) is 0 Å². The Hall–Kier alpha value is -6.92. The topological polar surface area (TPSA) is 84.0 Å². The zero-order valence-corrected chi connectivity index (χ0v) is 32.0. The molecular formula is C50H42N4O2. The van der Waals surface area contributed by atoms with E-state index < -0.39 is 0 Å². The van der Waals surface area contributed by atoms with Crippen LogP contribution in [0.3, 0.4) is 0 Å². The van der Waals surface area contributed by atoms with Gasteiger partial charge in [0.1, 0.15) is 0 Å². The van der Waals surface area contributed by atoms with Crippen LogP contribution in [0.25, 0.3) is 55.4 Å². The average Bonchev–Trinajstić information content (AvgIpc) is 3.24. The number of carbonyl (C=O) groups excluding carboxylic acids is 2. The number of anilines is 2. The molecule has 2 N–H and O–H groups in total. The van der Waals surface area contributed by atoms with E-state index in [1.807, 2.05) is 98.8 Å². The number of aryl methyl sites for hydroxylation is 4. The molecule has 0 bridgehead atoms. The van der Waals surface area contributed by atoms with Crippen LogP contribution in [0, 0.1) is 13.8 Å². The molecule has 0 saturated heterocycles. The molecule has 56 heavy (non-hydrogen) atoms. The number of carbonyl (C=O) groups is 2. The van der Waals surface area contributed by atoms with Crippen LogP contribution < -0.4 is 10.6 Å². The summed E-state index contributed by atoms with van der Waals surface area (Å²) in [7, 11) is 0. The molecule has 0 unspecified atom stereocenters. The summed E-state index contributed by atoms with van der Waals surface area (Å²) in [5.74, 6) is -0.379. The van der Waals surface area contributed by atoms with Crippen LogP contribution in [-0.2, 0) is 12.8 Å². The molecule has 8 aromatic rings. The quantitative estimate of drug-likeness (QED) is 0.155. The van der Waals surface area contributed by atoms with Crippen molar-refractivity contribution >= 4 is 45.0 Å². The second-order valence-corrected chi connectivity index (χ2v) is 14.2. The average molecular weight is 731 g/mol. The van der Waals surface area contributed by atoms with Crippen molar-refractivity contribution in [3.05, 3.63) is 179 Å². The third kappa shape index (κ3) is 7.29. The van der Waals surface area contributed by atoms with Gasteiger partial charge in [0.2, 0.25) is 0 Å². The van der Waals surface area contributed by atoms with Crippen molar-refractivity contribution in [2.45, 2.75) is 40.5 Å². The van der Waals surface area contributed by atoms with Crippen molar-refractivity contribution in [2.24, 2.45) is 0 Å². The van der Waals surface area contributed by atoms with Crippen molar-refractivity contribution in [2.75, 3.05) is 10.6 Å². The van der Waals surface area contributed by atoms with Crippen LogP contribution in [0.2, 0.25) is 0 Å². The molecule has 6 aromatic carbocycles. The molecule has 0 aliphatic rings. The minimum absolute atomic E-state index is 0.190. The Balaban J connectivity index is 1.02. The van der Waals surface area contributed by atoms with Gasteiger partial charge in [0, 0.05) is 33.3 Å². The summed E-state index contributed by atoms with van der Waals surface area (Å²) in [5, 5.41) is 7.93. The van der Waals surface area contributed by atoms with Gasteiger partial charge in [0.25, 0.3) is 11.8 Å². The summed E-state index contributed by atoms with van der Waals surface area (Å²) >= 11 is 0. The molecular weight excluding hydrogens is 689 g/mol. The van der Waals surface area contributed by atoms with E-state index >= 15 is 0 Å². The lowest BCUT2D eigenvalue weighted by atomic mass is 9.99. The summed E-state index contributed by atoms with van der Waals surface area (Å²) in [6.07, 6.45) is 1.92. The van der Waals surface area contributed by atoms with Gasteiger partial charge in [-0.1, -0.05) is 111 Å². The van der Waals surface area contributed by atoms with Gasteiger partial charge in [-0.3, -0.25) is 9.59 Å². The Morgan fingerprint density at radius 3 is 1.21 bits per heavy atom. The van der Waals surface area contributed by atoms with Crippen LogP contribution in [0.15, 0.2) is 146 Å². The third-order valence-corrected chi connectivity index (χ3v) is 10.5. The molecule has 0 saturated carbocycles. The van der Waals surface area contributed by atoms with E-state index in [1.54, 1.807) is 0 Å². The first-order valence-corrected chi connectivity index (χ1v) is 19.1. The van der Waals surface area contributed by atoms with Crippen LogP contribution >= 0.6 is 0 Å². The van der Waals surface area contributed by atoms with Gasteiger partial charge in [0.05, 0.1) is 33.5 Å². The van der Waals surface area contributed by atoms with Crippen molar-refractivity contribution in [3.63, 3.8) is 0 Å². The van der Waals surface area contributed by atoms with E-state index in [0.29, 0.717) is 11.1 Å². The monoisotopic (exact) mass is 730 g/mol. The molecule has 0 fully saturated rings. The third-order valence-electron chi connectivity index (χ3n) is 10.5. The van der Waals surface area contributed by atoms with Crippen LogP contribution in [0.1, 0.15) is 56.8 Å². The molecule has 274 valence electrons. The lowest BCUT2D eigenvalue weighted by molar-refractivity contribution is 0.102. The largest absolute Gasteiger partial charge is 0.322 e. The Kier molecular flexibility index (Phi) is 9.95. The predicted octanol–water partition coefficient (Wildman–Crippen LogP) is 12.0. The van der Waals surface area contributed by atoms with Gasteiger partial charge >= 0.3 is 0 Å². The van der Waals surface area contributed by atoms with E-state index in [4.69, 9.17) is 9.97 Å². The zero-order chi connectivity index (χ0) is 38.8. The Morgan fingerprint density at radius 2 is 0.839 bits per heavy atom. The van der Waals surface area contributed by atoms with E-state index in [9.17, 15) is 9.59 Å². The van der Waals surface area contributed by atoms with E-state index in [1.165, 1.54) is 11.1 Å². The summed E-state index contributed by atoms with van der Waals surface area (Å²) in [6, 6.07) is 48.0. The maximum atomic E-state index is 13.9. The fraction of sp³-hybridized carbons (Fsp3) is 0.120. The molecule has 0 atom stereocenters. The number of hydrogen-bond donors (Lipinski definition) is 2. The summed E-state index contributed by atoms with van der Waals surface area (Å²) in [4.78, 5) is 37.6. The number of nitrogens with zero attached hydrogens (tertiary/aromatic N) is 2. The Bertz CT molecular complexity index is 2580. The second-order valence-electron chi connectivity index (χ2n) is 14.2. The summed E-state index contributed by atoms with van der Waals surface area (Å²) < 4.78 is 0. The highest BCUT2D eigenvalue weighted by Gasteiger charge is 2.18. The van der Waals surface area contributed by atoms with E-state index in [0.717, 1.165) is 90.8 Å². The number of para-hydroxylation sites is 2. The molecule has 6 nitrogen and oxygen atoms in total. The maximum absolute atomic E-state index is 13.9. The number of hydrogen-bond acceptors (Lipinski definition) is 4. The van der Waals surface area contributed by atoms with Gasteiger partial charge in [-0.15, -0.1) is 0 Å². The number of rotatable bonds is 9. The first kappa shape index (κ1) is 36.1. The fourth-order valence-electron chi connectivity index (χ4n) is 7.19. The van der Waals surface area contributed by atoms with Gasteiger partial charge < -0.3 is 10.6 Å². The molecule has 0 aliphatic heterocycles. The van der Waals surface area contributed by atoms with Gasteiger partial charge in [-0.25, -0.2) is 9.97 Å². The van der Waals surface area contributed by atoms with E-state index in [-0.39, 0.29) is 11.8 Å². The maximum Gasteiger partial charge on any atom is 0.256 e. The minimum Gasteiger partial charge on any atom is -0.322 e. The molecule has 2 aromatic heterocycles. The normalized spacial score (nSPS) is 11.1. The van der Waals surface area contributed by atoms with Crippen molar-refractivity contribution in [3.8, 4) is 33.6 Å². The number of benzene rings is 6. The minimum atomic E-state index is -0.190. The lowest BCUT2D eigenvalue weighted by Gasteiger charge is -2.15. The first-order chi connectivity index (χ1) is 27.3. The number of nitrogens with one attached hydrogen (secondary N) is 2. The van der Waals surface area contributed by atoms with Crippen LogP contribution in [0.4, 0.5) is 11.4 Å². The predicted molar refractivity (Wildman–Crippen MR) is 230 cm³/mol. The number of aromatic nitrogens is 2. The first-order valence-electron chi connectivity index (χ1n) is 19.1.